The maximum Gasteiger partial charge on any atom is 0.106 e. The summed E-state index contributed by atoms with van der Waals surface area (Å²) in [6.07, 6.45) is 4.69. The minimum Gasteiger partial charge on any atom is -0.467 e. The standard InChI is InChI=1S/C11H18O/c1-6-8-11(10(5)7-2)12-9(3)4/h6,8,10H,1,3,7H2,2,4-5H3. The topological polar surface area (TPSA) is 9.23 Å². The third-order valence-corrected chi connectivity index (χ3v) is 1.67. The summed E-state index contributed by atoms with van der Waals surface area (Å²) < 4.78 is 5.44. The van der Waals surface area contributed by atoms with Gasteiger partial charge in [-0.2, -0.15) is 0 Å². The minimum absolute atomic E-state index is 0.430. The predicted molar refractivity (Wildman–Crippen MR) is 53.6 cm³/mol. The summed E-state index contributed by atoms with van der Waals surface area (Å²) in [5.41, 5.74) is 0. The van der Waals surface area contributed by atoms with E-state index in [0.717, 1.165) is 17.9 Å². The molecule has 1 heteroatoms. The van der Waals surface area contributed by atoms with E-state index in [9.17, 15) is 0 Å². The predicted octanol–water partition coefficient (Wildman–Crippen LogP) is 3.65. The van der Waals surface area contributed by atoms with Crippen molar-refractivity contribution in [2.24, 2.45) is 5.92 Å². The third-order valence-electron chi connectivity index (χ3n) is 1.67. The Kier molecular flexibility index (Phi) is 5.18. The molecule has 0 aliphatic rings. The summed E-state index contributed by atoms with van der Waals surface area (Å²) >= 11 is 0. The molecule has 0 aliphatic carbocycles. The molecule has 68 valence electrons. The third kappa shape index (κ3) is 4.02. The van der Waals surface area contributed by atoms with Gasteiger partial charge < -0.3 is 4.74 Å². The molecule has 0 heterocycles. The van der Waals surface area contributed by atoms with Gasteiger partial charge in [0, 0.05) is 5.92 Å². The van der Waals surface area contributed by atoms with Gasteiger partial charge in [-0.05, 0) is 19.4 Å². The Hall–Kier alpha value is -0.980. The van der Waals surface area contributed by atoms with E-state index in [4.69, 9.17) is 4.74 Å². The van der Waals surface area contributed by atoms with Crippen LogP contribution in [0.5, 0.6) is 0 Å². The molecule has 0 aromatic carbocycles. The van der Waals surface area contributed by atoms with Crippen LogP contribution in [0.3, 0.4) is 0 Å². The molecule has 0 saturated carbocycles. The van der Waals surface area contributed by atoms with Gasteiger partial charge in [-0.15, -0.1) is 0 Å². The van der Waals surface area contributed by atoms with E-state index in [2.05, 4.69) is 27.0 Å². The molecule has 0 radical (unpaired) electrons. The average molecular weight is 166 g/mol. The molecule has 0 saturated heterocycles. The SMILES string of the molecule is C=CC=C(OC(=C)C)C(C)CC. The maximum atomic E-state index is 5.44. The molecule has 0 aromatic rings. The highest BCUT2D eigenvalue weighted by Crippen LogP contribution is 2.17. The molecule has 0 amide bonds. The summed E-state index contributed by atoms with van der Waals surface area (Å²) in [6, 6.07) is 0. The summed E-state index contributed by atoms with van der Waals surface area (Å²) in [5.74, 6) is 2.10. The first kappa shape index (κ1) is 11.0. The molecule has 1 unspecified atom stereocenters. The smallest absolute Gasteiger partial charge is 0.106 e. The highest BCUT2D eigenvalue weighted by molar-refractivity contribution is 5.08. The van der Waals surface area contributed by atoms with Crippen LogP contribution in [-0.2, 0) is 4.74 Å². The number of hydrogen-bond acceptors (Lipinski definition) is 1. The Labute approximate surface area is 75.4 Å². The Morgan fingerprint density at radius 3 is 2.50 bits per heavy atom. The molecular weight excluding hydrogens is 148 g/mol. The van der Waals surface area contributed by atoms with Gasteiger partial charge in [-0.3, -0.25) is 0 Å². The normalized spacial score (nSPS) is 13.8. The Morgan fingerprint density at radius 1 is 1.58 bits per heavy atom. The number of ether oxygens (including phenoxy) is 1. The van der Waals surface area contributed by atoms with E-state index in [1.165, 1.54) is 0 Å². The lowest BCUT2D eigenvalue weighted by atomic mass is 10.1. The van der Waals surface area contributed by atoms with Gasteiger partial charge in [-0.1, -0.05) is 33.1 Å². The highest BCUT2D eigenvalue weighted by atomic mass is 16.5. The van der Waals surface area contributed by atoms with Crippen molar-refractivity contribution in [3.8, 4) is 0 Å². The minimum atomic E-state index is 0.430. The summed E-state index contributed by atoms with van der Waals surface area (Å²) in [4.78, 5) is 0. The lowest BCUT2D eigenvalue weighted by Gasteiger charge is -2.14. The number of hydrogen-bond donors (Lipinski definition) is 0. The molecule has 0 fully saturated rings. The molecule has 1 atom stereocenters. The van der Waals surface area contributed by atoms with Gasteiger partial charge in [-0.25, -0.2) is 0 Å². The fourth-order valence-electron chi connectivity index (χ4n) is 0.817. The van der Waals surface area contributed by atoms with E-state index in [0.29, 0.717) is 5.92 Å². The summed E-state index contributed by atoms with van der Waals surface area (Å²) in [7, 11) is 0. The monoisotopic (exact) mass is 166 g/mol. The van der Waals surface area contributed by atoms with E-state index in [-0.39, 0.29) is 0 Å². The van der Waals surface area contributed by atoms with Crippen LogP contribution in [0, 0.1) is 5.92 Å². The van der Waals surface area contributed by atoms with Crippen LogP contribution in [0.2, 0.25) is 0 Å². The highest BCUT2D eigenvalue weighted by Gasteiger charge is 2.06. The van der Waals surface area contributed by atoms with Crippen LogP contribution in [0.4, 0.5) is 0 Å². The largest absolute Gasteiger partial charge is 0.467 e. The van der Waals surface area contributed by atoms with Crippen molar-refractivity contribution in [3.63, 3.8) is 0 Å². The average Bonchev–Trinajstić information content (AvgIpc) is 2.01. The van der Waals surface area contributed by atoms with Crippen molar-refractivity contribution < 1.29 is 4.74 Å². The van der Waals surface area contributed by atoms with Gasteiger partial charge in [0.05, 0.1) is 5.76 Å². The first-order valence-corrected chi connectivity index (χ1v) is 4.27. The molecule has 0 aliphatic heterocycles. The summed E-state index contributed by atoms with van der Waals surface area (Å²) in [5, 5.41) is 0. The van der Waals surface area contributed by atoms with Crippen molar-refractivity contribution in [2.75, 3.05) is 0 Å². The molecule has 0 rings (SSSR count). The molecule has 0 aromatic heterocycles. The Balaban J connectivity index is 4.33. The van der Waals surface area contributed by atoms with Gasteiger partial charge in [0.2, 0.25) is 0 Å². The van der Waals surface area contributed by atoms with E-state index < -0.39 is 0 Å². The maximum absolute atomic E-state index is 5.44. The van der Waals surface area contributed by atoms with Crippen LogP contribution in [0.15, 0.2) is 36.8 Å². The van der Waals surface area contributed by atoms with Gasteiger partial charge in [0.1, 0.15) is 5.76 Å². The zero-order chi connectivity index (χ0) is 9.56. The zero-order valence-electron chi connectivity index (χ0n) is 8.26. The van der Waals surface area contributed by atoms with E-state index in [1.807, 2.05) is 13.0 Å². The molecular formula is C11H18O. The van der Waals surface area contributed by atoms with Crippen LogP contribution < -0.4 is 0 Å². The quantitative estimate of drug-likeness (QED) is 0.447. The second-order valence-electron chi connectivity index (χ2n) is 2.92. The summed E-state index contributed by atoms with van der Waals surface area (Å²) in [6.45, 7) is 13.4. The number of allylic oxidation sites excluding steroid dienone is 4. The van der Waals surface area contributed by atoms with Crippen molar-refractivity contribution in [1.29, 1.82) is 0 Å². The van der Waals surface area contributed by atoms with Crippen molar-refractivity contribution in [2.45, 2.75) is 27.2 Å². The fourth-order valence-corrected chi connectivity index (χ4v) is 0.817. The van der Waals surface area contributed by atoms with Crippen LogP contribution in [-0.4, -0.2) is 0 Å². The number of rotatable bonds is 5. The molecule has 0 bridgehead atoms. The first-order valence-electron chi connectivity index (χ1n) is 4.27. The molecule has 0 N–H and O–H groups in total. The molecule has 0 spiro atoms. The second-order valence-corrected chi connectivity index (χ2v) is 2.92. The second kappa shape index (κ2) is 5.64. The van der Waals surface area contributed by atoms with Gasteiger partial charge >= 0.3 is 0 Å². The van der Waals surface area contributed by atoms with Crippen molar-refractivity contribution >= 4 is 0 Å². The van der Waals surface area contributed by atoms with Crippen molar-refractivity contribution in [1.82, 2.24) is 0 Å². The zero-order valence-corrected chi connectivity index (χ0v) is 8.26. The van der Waals surface area contributed by atoms with Crippen LogP contribution in [0.25, 0.3) is 0 Å². The van der Waals surface area contributed by atoms with Crippen LogP contribution in [0.1, 0.15) is 27.2 Å². The molecule has 12 heavy (non-hydrogen) atoms. The van der Waals surface area contributed by atoms with Crippen LogP contribution >= 0.6 is 0 Å². The lowest BCUT2D eigenvalue weighted by Crippen LogP contribution is -2.00. The Morgan fingerprint density at radius 2 is 2.17 bits per heavy atom. The fraction of sp³-hybridized carbons (Fsp3) is 0.455. The van der Waals surface area contributed by atoms with Gasteiger partial charge in [0.15, 0.2) is 0 Å². The Bertz CT molecular complexity index is 189. The van der Waals surface area contributed by atoms with E-state index >= 15 is 0 Å². The molecule has 1 nitrogen and oxygen atoms in total. The lowest BCUT2D eigenvalue weighted by molar-refractivity contribution is 0.260. The van der Waals surface area contributed by atoms with Gasteiger partial charge in [0.25, 0.3) is 0 Å². The van der Waals surface area contributed by atoms with E-state index in [1.54, 1.807) is 6.08 Å². The first-order chi connectivity index (χ1) is 5.61. The van der Waals surface area contributed by atoms with Crippen molar-refractivity contribution in [3.05, 3.63) is 36.8 Å².